The van der Waals surface area contributed by atoms with Gasteiger partial charge in [-0.15, -0.1) is 20.4 Å². The van der Waals surface area contributed by atoms with Crippen LogP contribution in [0, 0.1) is 5.82 Å². The summed E-state index contributed by atoms with van der Waals surface area (Å²) >= 11 is 1.46. The van der Waals surface area contributed by atoms with Gasteiger partial charge in [-0.3, -0.25) is 4.57 Å². The average Bonchev–Trinajstić information content (AvgIpc) is 3.35. The first kappa shape index (κ1) is 18.8. The van der Waals surface area contributed by atoms with Crippen LogP contribution in [-0.4, -0.2) is 32.1 Å². The van der Waals surface area contributed by atoms with Crippen LogP contribution in [0.3, 0.4) is 0 Å². The second-order valence-corrected chi connectivity index (χ2v) is 7.85. The first-order valence-electron chi connectivity index (χ1n) is 9.52. The van der Waals surface area contributed by atoms with Gasteiger partial charge in [0.15, 0.2) is 11.0 Å². The molecule has 0 saturated heterocycles. The summed E-state index contributed by atoms with van der Waals surface area (Å²) in [5.41, 5.74) is 1.28. The van der Waals surface area contributed by atoms with Crippen molar-refractivity contribution in [3.05, 3.63) is 60.2 Å². The van der Waals surface area contributed by atoms with Crippen molar-refractivity contribution in [2.75, 3.05) is 7.11 Å². The molecule has 1 saturated carbocycles. The zero-order chi connectivity index (χ0) is 20.5. The van der Waals surface area contributed by atoms with E-state index in [9.17, 15) is 4.39 Å². The molecule has 2 heterocycles. The normalized spacial score (nSPS) is 13.5. The van der Waals surface area contributed by atoms with Gasteiger partial charge < -0.3 is 9.15 Å². The van der Waals surface area contributed by atoms with Crippen LogP contribution in [-0.2, 0) is 5.75 Å². The number of nitrogens with zero attached hydrogens (tertiary/aromatic N) is 5. The van der Waals surface area contributed by atoms with Gasteiger partial charge in [-0.1, -0.05) is 23.9 Å². The molecular weight excluding hydrogens is 405 g/mol. The van der Waals surface area contributed by atoms with Gasteiger partial charge in [0, 0.05) is 11.6 Å². The number of hydrogen-bond donors (Lipinski definition) is 0. The highest BCUT2D eigenvalue weighted by Crippen LogP contribution is 2.41. The molecule has 1 fully saturated rings. The Hall–Kier alpha value is -3.20. The number of ether oxygens (including phenoxy) is 1. The van der Waals surface area contributed by atoms with Gasteiger partial charge in [-0.25, -0.2) is 4.39 Å². The molecule has 0 amide bonds. The Balaban J connectivity index is 1.35. The first-order chi connectivity index (χ1) is 14.7. The van der Waals surface area contributed by atoms with Gasteiger partial charge in [0.05, 0.1) is 18.4 Å². The number of thioether (sulfide) groups is 1. The van der Waals surface area contributed by atoms with Crippen molar-refractivity contribution in [3.8, 4) is 28.6 Å². The van der Waals surface area contributed by atoms with Gasteiger partial charge in [-0.2, -0.15) is 0 Å². The summed E-state index contributed by atoms with van der Waals surface area (Å²) in [7, 11) is 1.62. The maximum absolute atomic E-state index is 14.3. The van der Waals surface area contributed by atoms with Crippen LogP contribution >= 0.6 is 11.8 Å². The number of aromatic nitrogens is 5. The number of methoxy groups -OCH3 is 1. The molecule has 0 unspecified atom stereocenters. The van der Waals surface area contributed by atoms with Crippen molar-refractivity contribution in [1.82, 2.24) is 25.0 Å². The Morgan fingerprint density at radius 1 is 1.07 bits per heavy atom. The summed E-state index contributed by atoms with van der Waals surface area (Å²) in [4.78, 5) is 0. The molecule has 0 bridgehead atoms. The Kier molecular flexibility index (Phi) is 4.96. The van der Waals surface area contributed by atoms with Crippen molar-refractivity contribution in [3.63, 3.8) is 0 Å². The molecule has 0 spiro atoms. The number of halogens is 1. The summed E-state index contributed by atoms with van der Waals surface area (Å²) in [6.07, 6.45) is 2.07. The fourth-order valence-corrected chi connectivity index (χ4v) is 3.99. The van der Waals surface area contributed by atoms with Crippen LogP contribution in [0.5, 0.6) is 5.75 Å². The minimum absolute atomic E-state index is 0.301. The monoisotopic (exact) mass is 423 g/mol. The molecule has 9 heteroatoms. The van der Waals surface area contributed by atoms with Crippen molar-refractivity contribution < 1.29 is 13.5 Å². The summed E-state index contributed by atoms with van der Waals surface area (Å²) in [6, 6.07) is 14.4. The third kappa shape index (κ3) is 3.68. The zero-order valence-electron chi connectivity index (χ0n) is 16.2. The molecule has 0 N–H and O–H groups in total. The lowest BCUT2D eigenvalue weighted by Gasteiger charge is -2.08. The van der Waals surface area contributed by atoms with Crippen LogP contribution < -0.4 is 4.74 Å². The molecule has 0 aliphatic heterocycles. The number of benzene rings is 2. The fourth-order valence-electron chi connectivity index (χ4n) is 3.15. The molecular formula is C21H18FN5O2S. The fraction of sp³-hybridized carbons (Fsp3) is 0.238. The van der Waals surface area contributed by atoms with E-state index in [0.29, 0.717) is 35.0 Å². The zero-order valence-corrected chi connectivity index (χ0v) is 17.0. The predicted molar refractivity (Wildman–Crippen MR) is 110 cm³/mol. The third-order valence-electron chi connectivity index (χ3n) is 4.82. The lowest BCUT2D eigenvalue weighted by atomic mass is 10.2. The minimum Gasteiger partial charge on any atom is -0.497 e. The lowest BCUT2D eigenvalue weighted by molar-refractivity contribution is 0.415. The number of rotatable bonds is 7. The highest BCUT2D eigenvalue weighted by atomic mass is 32.2. The van der Waals surface area contributed by atoms with Gasteiger partial charge in [0.1, 0.15) is 11.6 Å². The van der Waals surface area contributed by atoms with E-state index in [0.717, 1.165) is 29.3 Å². The molecule has 0 radical (unpaired) electrons. The molecule has 4 aromatic rings. The first-order valence-corrected chi connectivity index (χ1v) is 10.5. The molecule has 2 aromatic carbocycles. The van der Waals surface area contributed by atoms with E-state index >= 15 is 0 Å². The molecule has 5 rings (SSSR count). The summed E-state index contributed by atoms with van der Waals surface area (Å²) < 4.78 is 27.3. The predicted octanol–water partition coefficient (Wildman–Crippen LogP) is 4.77. The second kappa shape index (κ2) is 7.91. The van der Waals surface area contributed by atoms with Crippen LogP contribution in [0.25, 0.3) is 22.8 Å². The second-order valence-electron chi connectivity index (χ2n) is 6.91. The smallest absolute Gasteiger partial charge is 0.247 e. The Bertz CT molecular complexity index is 1170. The van der Waals surface area contributed by atoms with Gasteiger partial charge in [-0.05, 0) is 49.2 Å². The Morgan fingerprint density at radius 3 is 2.60 bits per heavy atom. The van der Waals surface area contributed by atoms with Crippen molar-refractivity contribution in [1.29, 1.82) is 0 Å². The molecule has 1 aliphatic carbocycles. The van der Waals surface area contributed by atoms with Gasteiger partial charge >= 0.3 is 0 Å². The van der Waals surface area contributed by atoms with E-state index in [1.54, 1.807) is 25.3 Å². The van der Waals surface area contributed by atoms with Crippen LogP contribution in [0.1, 0.15) is 24.8 Å². The molecule has 7 nitrogen and oxygen atoms in total. The standard InChI is InChI=1S/C21H18FN5O2S/c1-28-15-10-6-13(7-11-15)20-25-23-18(29-20)12-30-21-26-24-19(27(21)14-8-9-14)16-4-2-3-5-17(16)22/h2-7,10-11,14H,8-9,12H2,1H3. The Morgan fingerprint density at radius 2 is 1.87 bits per heavy atom. The van der Waals surface area contributed by atoms with Gasteiger partial charge in [0.25, 0.3) is 0 Å². The van der Waals surface area contributed by atoms with Crippen molar-refractivity contribution in [2.24, 2.45) is 0 Å². The van der Waals surface area contributed by atoms with Crippen LogP contribution in [0.4, 0.5) is 4.39 Å². The number of hydrogen-bond acceptors (Lipinski definition) is 7. The topological polar surface area (TPSA) is 78.9 Å². The van der Waals surface area contributed by atoms with Crippen molar-refractivity contribution in [2.45, 2.75) is 29.8 Å². The SMILES string of the molecule is COc1ccc(-c2nnc(CSc3nnc(-c4ccccc4F)n3C3CC3)o2)cc1. The molecule has 0 atom stereocenters. The third-order valence-corrected chi connectivity index (χ3v) is 5.75. The highest BCUT2D eigenvalue weighted by Gasteiger charge is 2.31. The van der Waals surface area contributed by atoms with E-state index in [2.05, 4.69) is 20.4 Å². The van der Waals surface area contributed by atoms with E-state index in [1.807, 2.05) is 28.8 Å². The highest BCUT2D eigenvalue weighted by molar-refractivity contribution is 7.98. The molecule has 30 heavy (non-hydrogen) atoms. The summed E-state index contributed by atoms with van der Waals surface area (Å²) in [5.74, 6) is 2.41. The Labute approximate surface area is 176 Å². The average molecular weight is 423 g/mol. The van der Waals surface area contributed by atoms with Crippen LogP contribution in [0.15, 0.2) is 58.1 Å². The van der Waals surface area contributed by atoms with E-state index in [-0.39, 0.29) is 5.82 Å². The summed E-state index contributed by atoms with van der Waals surface area (Å²) in [6.45, 7) is 0. The molecule has 152 valence electrons. The molecule has 1 aliphatic rings. The van der Waals surface area contributed by atoms with Gasteiger partial charge in [0.2, 0.25) is 11.8 Å². The largest absolute Gasteiger partial charge is 0.497 e. The van der Waals surface area contributed by atoms with Crippen LogP contribution in [0.2, 0.25) is 0 Å². The maximum Gasteiger partial charge on any atom is 0.247 e. The van der Waals surface area contributed by atoms with Crippen molar-refractivity contribution >= 4 is 11.8 Å². The summed E-state index contributed by atoms with van der Waals surface area (Å²) in [5, 5.41) is 17.5. The lowest BCUT2D eigenvalue weighted by Crippen LogP contribution is -2.01. The molecule has 2 aromatic heterocycles. The quantitative estimate of drug-likeness (QED) is 0.396. The van der Waals surface area contributed by atoms with E-state index in [4.69, 9.17) is 9.15 Å². The maximum atomic E-state index is 14.3. The van der Waals surface area contributed by atoms with E-state index < -0.39 is 0 Å². The van der Waals surface area contributed by atoms with E-state index in [1.165, 1.54) is 17.8 Å². The minimum atomic E-state index is -0.301.